The maximum absolute atomic E-state index is 12.0. The standard InChI is InChI=1S/C19H21NO2/c1-2-22-19(21)13-17(14-6-4-3-5-7-14)15-8-9-18-16(12-15)10-11-20-18/h3-9,12,17,20H,2,10-11,13H2,1H3. The summed E-state index contributed by atoms with van der Waals surface area (Å²) in [5, 5.41) is 3.38. The number of hydrogen-bond donors (Lipinski definition) is 1. The summed E-state index contributed by atoms with van der Waals surface area (Å²) in [6, 6.07) is 16.7. The van der Waals surface area contributed by atoms with Crippen LogP contribution in [0.15, 0.2) is 48.5 Å². The van der Waals surface area contributed by atoms with Gasteiger partial charge in [0, 0.05) is 18.2 Å². The normalized spacial score (nSPS) is 14.0. The van der Waals surface area contributed by atoms with Gasteiger partial charge in [0.25, 0.3) is 0 Å². The zero-order chi connectivity index (χ0) is 15.4. The predicted molar refractivity (Wildman–Crippen MR) is 88.2 cm³/mol. The number of anilines is 1. The van der Waals surface area contributed by atoms with Gasteiger partial charge in [-0.3, -0.25) is 4.79 Å². The molecule has 0 spiro atoms. The van der Waals surface area contributed by atoms with Crippen LogP contribution in [0.1, 0.15) is 36.0 Å². The molecule has 1 heterocycles. The second-order valence-electron chi connectivity index (χ2n) is 5.57. The monoisotopic (exact) mass is 295 g/mol. The highest BCUT2D eigenvalue weighted by molar-refractivity contribution is 5.71. The van der Waals surface area contributed by atoms with Gasteiger partial charge in [-0.1, -0.05) is 42.5 Å². The molecule has 3 heteroatoms. The number of benzene rings is 2. The summed E-state index contributed by atoms with van der Waals surface area (Å²) in [6.07, 6.45) is 1.42. The van der Waals surface area contributed by atoms with Crippen LogP contribution in [0, 0.1) is 0 Å². The van der Waals surface area contributed by atoms with Crippen LogP contribution < -0.4 is 5.32 Å². The Morgan fingerprint density at radius 3 is 2.77 bits per heavy atom. The minimum absolute atomic E-state index is 0.0474. The van der Waals surface area contributed by atoms with Crippen molar-refractivity contribution in [3.05, 3.63) is 65.2 Å². The Balaban J connectivity index is 1.92. The van der Waals surface area contributed by atoms with Gasteiger partial charge in [-0.2, -0.15) is 0 Å². The minimum Gasteiger partial charge on any atom is -0.466 e. The Labute approximate surface area is 131 Å². The zero-order valence-electron chi connectivity index (χ0n) is 12.8. The van der Waals surface area contributed by atoms with Crippen molar-refractivity contribution < 1.29 is 9.53 Å². The molecule has 0 aliphatic carbocycles. The van der Waals surface area contributed by atoms with Crippen LogP contribution in [-0.4, -0.2) is 19.1 Å². The number of carbonyl (C=O) groups is 1. The molecule has 0 aromatic heterocycles. The van der Waals surface area contributed by atoms with E-state index in [0.29, 0.717) is 13.0 Å². The van der Waals surface area contributed by atoms with Crippen molar-refractivity contribution in [2.45, 2.75) is 25.7 Å². The van der Waals surface area contributed by atoms with E-state index in [1.807, 2.05) is 25.1 Å². The largest absolute Gasteiger partial charge is 0.466 e. The van der Waals surface area contributed by atoms with Crippen molar-refractivity contribution in [1.82, 2.24) is 0 Å². The van der Waals surface area contributed by atoms with Gasteiger partial charge >= 0.3 is 5.97 Å². The summed E-state index contributed by atoms with van der Waals surface area (Å²) < 4.78 is 5.16. The first-order valence-corrected chi connectivity index (χ1v) is 7.85. The first-order valence-electron chi connectivity index (χ1n) is 7.85. The smallest absolute Gasteiger partial charge is 0.306 e. The zero-order valence-corrected chi connectivity index (χ0v) is 12.8. The van der Waals surface area contributed by atoms with E-state index in [4.69, 9.17) is 4.74 Å². The van der Waals surface area contributed by atoms with Gasteiger partial charge < -0.3 is 10.1 Å². The summed E-state index contributed by atoms with van der Waals surface area (Å²) in [5.41, 5.74) is 4.89. The van der Waals surface area contributed by atoms with E-state index in [1.165, 1.54) is 16.8 Å². The van der Waals surface area contributed by atoms with Gasteiger partial charge in [0.15, 0.2) is 0 Å². The first kappa shape index (κ1) is 14.6. The van der Waals surface area contributed by atoms with Crippen LogP contribution >= 0.6 is 0 Å². The topological polar surface area (TPSA) is 38.3 Å². The highest BCUT2D eigenvalue weighted by Crippen LogP contribution is 2.32. The fourth-order valence-corrected chi connectivity index (χ4v) is 3.04. The van der Waals surface area contributed by atoms with E-state index < -0.39 is 0 Å². The molecule has 1 unspecified atom stereocenters. The molecule has 1 N–H and O–H groups in total. The first-order chi connectivity index (χ1) is 10.8. The second kappa shape index (κ2) is 6.65. The van der Waals surface area contributed by atoms with Crippen molar-refractivity contribution in [2.75, 3.05) is 18.5 Å². The van der Waals surface area contributed by atoms with Crippen molar-refractivity contribution in [3.63, 3.8) is 0 Å². The lowest BCUT2D eigenvalue weighted by molar-refractivity contribution is -0.143. The third-order valence-electron chi connectivity index (χ3n) is 4.12. The van der Waals surface area contributed by atoms with E-state index in [9.17, 15) is 4.79 Å². The summed E-state index contributed by atoms with van der Waals surface area (Å²) in [5.74, 6) is -0.0962. The third kappa shape index (κ3) is 3.14. The number of rotatable bonds is 5. The van der Waals surface area contributed by atoms with Gasteiger partial charge in [0.05, 0.1) is 13.0 Å². The number of fused-ring (bicyclic) bond motifs is 1. The molecule has 2 aromatic carbocycles. The molecule has 3 rings (SSSR count). The molecule has 0 fully saturated rings. The molecule has 0 radical (unpaired) electrons. The second-order valence-corrected chi connectivity index (χ2v) is 5.57. The molecule has 3 nitrogen and oxygen atoms in total. The molecular weight excluding hydrogens is 274 g/mol. The number of carbonyl (C=O) groups excluding carboxylic acids is 1. The van der Waals surface area contributed by atoms with Crippen molar-refractivity contribution in [3.8, 4) is 0 Å². The maximum atomic E-state index is 12.0. The molecule has 1 atom stereocenters. The quantitative estimate of drug-likeness (QED) is 0.854. The summed E-state index contributed by atoms with van der Waals surface area (Å²) in [6.45, 7) is 3.26. The highest BCUT2D eigenvalue weighted by Gasteiger charge is 2.21. The lowest BCUT2D eigenvalue weighted by Gasteiger charge is -2.18. The van der Waals surface area contributed by atoms with Gasteiger partial charge in [-0.15, -0.1) is 0 Å². The number of hydrogen-bond acceptors (Lipinski definition) is 3. The molecule has 0 bridgehead atoms. The van der Waals surface area contributed by atoms with Crippen LogP contribution in [-0.2, 0) is 16.0 Å². The van der Waals surface area contributed by atoms with Crippen molar-refractivity contribution in [2.24, 2.45) is 0 Å². The van der Waals surface area contributed by atoms with Crippen LogP contribution in [0.5, 0.6) is 0 Å². The average molecular weight is 295 g/mol. The average Bonchev–Trinajstić information content (AvgIpc) is 3.01. The Kier molecular flexibility index (Phi) is 4.42. The van der Waals surface area contributed by atoms with E-state index in [-0.39, 0.29) is 11.9 Å². The highest BCUT2D eigenvalue weighted by atomic mass is 16.5. The van der Waals surface area contributed by atoms with E-state index >= 15 is 0 Å². The molecule has 0 saturated heterocycles. The van der Waals surface area contributed by atoms with Crippen molar-refractivity contribution >= 4 is 11.7 Å². The van der Waals surface area contributed by atoms with Crippen LogP contribution in [0.4, 0.5) is 5.69 Å². The van der Waals surface area contributed by atoms with Crippen LogP contribution in [0.2, 0.25) is 0 Å². The van der Waals surface area contributed by atoms with Gasteiger partial charge in [-0.05, 0) is 36.1 Å². The molecule has 22 heavy (non-hydrogen) atoms. The van der Waals surface area contributed by atoms with E-state index in [0.717, 1.165) is 18.5 Å². The molecule has 0 saturated carbocycles. The van der Waals surface area contributed by atoms with Crippen molar-refractivity contribution in [1.29, 1.82) is 0 Å². The predicted octanol–water partition coefficient (Wildman–Crippen LogP) is 3.74. The Morgan fingerprint density at radius 1 is 1.18 bits per heavy atom. The number of ether oxygens (including phenoxy) is 1. The SMILES string of the molecule is CCOC(=O)CC(c1ccccc1)c1ccc2c(c1)CCN2. The third-order valence-corrected chi connectivity index (χ3v) is 4.12. The number of nitrogens with one attached hydrogen (secondary N) is 1. The Morgan fingerprint density at radius 2 is 2.00 bits per heavy atom. The van der Waals surface area contributed by atoms with Crippen LogP contribution in [0.3, 0.4) is 0 Å². The maximum Gasteiger partial charge on any atom is 0.306 e. The summed E-state index contributed by atoms with van der Waals surface area (Å²) >= 11 is 0. The number of esters is 1. The summed E-state index contributed by atoms with van der Waals surface area (Å²) in [4.78, 5) is 12.0. The fraction of sp³-hybridized carbons (Fsp3) is 0.316. The lowest BCUT2D eigenvalue weighted by Crippen LogP contribution is -2.12. The molecule has 0 amide bonds. The fourth-order valence-electron chi connectivity index (χ4n) is 3.04. The molecular formula is C19H21NO2. The minimum atomic E-state index is -0.144. The molecule has 114 valence electrons. The summed E-state index contributed by atoms with van der Waals surface area (Å²) in [7, 11) is 0. The molecule has 1 aliphatic heterocycles. The molecule has 2 aromatic rings. The molecule has 1 aliphatic rings. The lowest BCUT2D eigenvalue weighted by atomic mass is 9.87. The van der Waals surface area contributed by atoms with Crippen LogP contribution in [0.25, 0.3) is 0 Å². The Bertz CT molecular complexity index is 652. The Hall–Kier alpha value is -2.29. The van der Waals surface area contributed by atoms with Gasteiger partial charge in [-0.25, -0.2) is 0 Å². The van der Waals surface area contributed by atoms with E-state index in [2.05, 4.69) is 35.6 Å². The van der Waals surface area contributed by atoms with E-state index in [1.54, 1.807) is 0 Å². The van der Waals surface area contributed by atoms with Gasteiger partial charge in [0.1, 0.15) is 0 Å². The van der Waals surface area contributed by atoms with Gasteiger partial charge in [0.2, 0.25) is 0 Å².